The van der Waals surface area contributed by atoms with E-state index in [4.69, 9.17) is 4.74 Å². The molecule has 1 N–H and O–H groups in total. The summed E-state index contributed by atoms with van der Waals surface area (Å²) in [6.45, 7) is 1.55. The van der Waals surface area contributed by atoms with Crippen LogP contribution < -0.4 is 10.1 Å². The van der Waals surface area contributed by atoms with Crippen molar-refractivity contribution in [3.05, 3.63) is 51.2 Å². The van der Waals surface area contributed by atoms with Crippen molar-refractivity contribution >= 4 is 11.3 Å². The number of ether oxygens (including phenoxy) is 1. The molecule has 0 aliphatic carbocycles. The molecule has 2 nitrogen and oxygen atoms in total. The molecular weight excluding hydrogens is 268 g/mol. The first-order chi connectivity index (χ1) is 9.06. The Kier molecular flexibility index (Phi) is 4.17. The van der Waals surface area contributed by atoms with Gasteiger partial charge in [0.05, 0.1) is 13.2 Å². The van der Waals surface area contributed by atoms with E-state index in [9.17, 15) is 8.78 Å². The normalized spacial score (nSPS) is 12.5. The van der Waals surface area contributed by atoms with Crippen LogP contribution in [0.3, 0.4) is 0 Å². The molecule has 1 heterocycles. The summed E-state index contributed by atoms with van der Waals surface area (Å²) in [5.74, 6) is -0.0981. The van der Waals surface area contributed by atoms with E-state index in [2.05, 4.69) is 5.32 Å². The predicted molar refractivity (Wildman–Crippen MR) is 72.9 cm³/mol. The monoisotopic (exact) mass is 283 g/mol. The molecule has 0 saturated carbocycles. The number of hydrogen-bond acceptors (Lipinski definition) is 3. The first kappa shape index (κ1) is 14.0. The van der Waals surface area contributed by atoms with E-state index < -0.39 is 11.6 Å². The van der Waals surface area contributed by atoms with Gasteiger partial charge in [-0.05, 0) is 37.7 Å². The molecule has 2 rings (SSSR count). The second-order valence-corrected chi connectivity index (χ2v) is 5.18. The lowest BCUT2D eigenvalue weighted by atomic mass is 10.0. The molecule has 1 unspecified atom stereocenters. The van der Waals surface area contributed by atoms with Crippen LogP contribution in [0.4, 0.5) is 8.78 Å². The molecule has 0 bridgehead atoms. The Balaban J connectivity index is 2.44. The summed E-state index contributed by atoms with van der Waals surface area (Å²) in [4.78, 5) is 0.876. The average Bonchev–Trinajstić information content (AvgIpc) is 2.85. The maximum absolute atomic E-state index is 14.0. The van der Waals surface area contributed by atoms with Crippen LogP contribution in [0.2, 0.25) is 0 Å². The second kappa shape index (κ2) is 5.67. The Hall–Kier alpha value is -1.46. The van der Waals surface area contributed by atoms with Gasteiger partial charge in [-0.2, -0.15) is 0 Å². The highest BCUT2D eigenvalue weighted by Gasteiger charge is 2.20. The summed E-state index contributed by atoms with van der Waals surface area (Å²) in [6, 6.07) is 3.91. The summed E-state index contributed by atoms with van der Waals surface area (Å²) in [5, 5.41) is 4.84. The fraction of sp³-hybridized carbons (Fsp3) is 0.286. The van der Waals surface area contributed by atoms with Crippen molar-refractivity contribution < 1.29 is 13.5 Å². The number of rotatable bonds is 4. The first-order valence-electron chi connectivity index (χ1n) is 5.82. The molecule has 0 radical (unpaired) electrons. The van der Waals surface area contributed by atoms with Crippen molar-refractivity contribution in [2.45, 2.75) is 13.0 Å². The Morgan fingerprint density at radius 2 is 1.95 bits per heavy atom. The number of thiophene rings is 1. The van der Waals surface area contributed by atoms with Crippen molar-refractivity contribution in [2.24, 2.45) is 0 Å². The summed E-state index contributed by atoms with van der Waals surface area (Å²) in [7, 11) is 3.29. The topological polar surface area (TPSA) is 21.3 Å². The standard InChI is InChI=1S/C14H15F2NOS/c1-8-4-12(16)10(6-11(8)15)14(17-2)13-5-9(18-3)7-19-13/h4-7,14,17H,1-3H3. The minimum atomic E-state index is -0.411. The van der Waals surface area contributed by atoms with Crippen LogP contribution in [0.1, 0.15) is 22.0 Å². The van der Waals surface area contributed by atoms with E-state index in [1.165, 1.54) is 23.5 Å². The molecule has 5 heteroatoms. The lowest BCUT2D eigenvalue weighted by Crippen LogP contribution is -2.18. The molecule has 2 aromatic rings. The Morgan fingerprint density at radius 3 is 2.53 bits per heavy atom. The van der Waals surface area contributed by atoms with Crippen molar-refractivity contribution in [1.82, 2.24) is 5.32 Å². The molecule has 1 aromatic carbocycles. The first-order valence-corrected chi connectivity index (χ1v) is 6.70. The van der Waals surface area contributed by atoms with Crippen LogP contribution in [-0.2, 0) is 0 Å². The van der Waals surface area contributed by atoms with Crippen molar-refractivity contribution in [2.75, 3.05) is 14.2 Å². The van der Waals surface area contributed by atoms with Gasteiger partial charge in [0, 0.05) is 15.8 Å². The van der Waals surface area contributed by atoms with Gasteiger partial charge in [-0.15, -0.1) is 11.3 Å². The molecule has 0 aliphatic rings. The maximum Gasteiger partial charge on any atom is 0.129 e. The van der Waals surface area contributed by atoms with Crippen LogP contribution >= 0.6 is 11.3 Å². The maximum atomic E-state index is 14.0. The van der Waals surface area contributed by atoms with E-state index in [-0.39, 0.29) is 6.04 Å². The number of methoxy groups -OCH3 is 1. The summed E-state index contributed by atoms with van der Waals surface area (Å²) in [5.41, 5.74) is 0.606. The molecular formula is C14H15F2NOS. The number of hydrogen-bond donors (Lipinski definition) is 1. The highest BCUT2D eigenvalue weighted by Crippen LogP contribution is 2.32. The molecule has 0 spiro atoms. The van der Waals surface area contributed by atoms with Crippen LogP contribution in [-0.4, -0.2) is 14.2 Å². The molecule has 1 aromatic heterocycles. The SMILES string of the molecule is CNC(c1cc(OC)cs1)c1cc(F)c(C)cc1F. The van der Waals surface area contributed by atoms with Gasteiger partial charge in [0.1, 0.15) is 17.4 Å². The Morgan fingerprint density at radius 1 is 1.21 bits per heavy atom. The summed E-state index contributed by atoms with van der Waals surface area (Å²) < 4.78 is 32.7. The molecule has 102 valence electrons. The molecule has 19 heavy (non-hydrogen) atoms. The largest absolute Gasteiger partial charge is 0.496 e. The van der Waals surface area contributed by atoms with Gasteiger partial charge < -0.3 is 10.1 Å². The third-order valence-corrected chi connectivity index (χ3v) is 3.97. The number of nitrogens with one attached hydrogen (secondary N) is 1. The number of halogens is 2. The minimum absolute atomic E-state index is 0.301. The zero-order chi connectivity index (χ0) is 14.0. The molecule has 0 fully saturated rings. The van der Waals surface area contributed by atoms with Crippen LogP contribution in [0.15, 0.2) is 23.6 Å². The third kappa shape index (κ3) is 2.77. The van der Waals surface area contributed by atoms with Gasteiger partial charge >= 0.3 is 0 Å². The van der Waals surface area contributed by atoms with E-state index in [1.54, 1.807) is 21.1 Å². The van der Waals surface area contributed by atoms with Crippen molar-refractivity contribution in [3.63, 3.8) is 0 Å². The molecule has 0 saturated heterocycles. The Bertz CT molecular complexity index is 583. The zero-order valence-corrected chi connectivity index (χ0v) is 11.8. The van der Waals surface area contributed by atoms with Crippen LogP contribution in [0.25, 0.3) is 0 Å². The van der Waals surface area contributed by atoms with Gasteiger partial charge in [-0.25, -0.2) is 8.78 Å². The summed E-state index contributed by atoms with van der Waals surface area (Å²) >= 11 is 1.44. The van der Waals surface area contributed by atoms with E-state index in [0.717, 1.165) is 4.88 Å². The highest BCUT2D eigenvalue weighted by atomic mass is 32.1. The van der Waals surface area contributed by atoms with Gasteiger partial charge in [0.25, 0.3) is 0 Å². The van der Waals surface area contributed by atoms with Gasteiger partial charge in [0.2, 0.25) is 0 Å². The van der Waals surface area contributed by atoms with Crippen molar-refractivity contribution in [1.29, 1.82) is 0 Å². The van der Waals surface area contributed by atoms with E-state index >= 15 is 0 Å². The molecule has 1 atom stereocenters. The summed E-state index contributed by atoms with van der Waals surface area (Å²) in [6.07, 6.45) is 0. The number of benzene rings is 1. The number of aryl methyl sites for hydroxylation is 1. The zero-order valence-electron chi connectivity index (χ0n) is 11.0. The minimum Gasteiger partial charge on any atom is -0.496 e. The average molecular weight is 283 g/mol. The Labute approximate surface area is 115 Å². The van der Waals surface area contributed by atoms with E-state index in [0.29, 0.717) is 16.9 Å². The van der Waals surface area contributed by atoms with Crippen LogP contribution in [0, 0.1) is 18.6 Å². The lowest BCUT2D eigenvalue weighted by molar-refractivity contribution is 0.416. The fourth-order valence-electron chi connectivity index (χ4n) is 1.93. The smallest absolute Gasteiger partial charge is 0.129 e. The molecule has 0 amide bonds. The highest BCUT2D eigenvalue weighted by molar-refractivity contribution is 7.10. The van der Waals surface area contributed by atoms with Gasteiger partial charge in [0.15, 0.2) is 0 Å². The second-order valence-electron chi connectivity index (χ2n) is 4.23. The lowest BCUT2D eigenvalue weighted by Gasteiger charge is -2.16. The van der Waals surface area contributed by atoms with Gasteiger partial charge in [-0.3, -0.25) is 0 Å². The predicted octanol–water partition coefficient (Wildman–Crippen LogP) is 3.65. The van der Waals surface area contributed by atoms with Crippen molar-refractivity contribution in [3.8, 4) is 5.75 Å². The fourth-order valence-corrected chi connectivity index (χ4v) is 2.91. The molecule has 0 aliphatic heterocycles. The third-order valence-electron chi connectivity index (χ3n) is 2.99. The quantitative estimate of drug-likeness (QED) is 0.924. The van der Waals surface area contributed by atoms with E-state index in [1.807, 2.05) is 11.4 Å². The van der Waals surface area contributed by atoms with Crippen LogP contribution in [0.5, 0.6) is 5.75 Å². The van der Waals surface area contributed by atoms with Gasteiger partial charge in [-0.1, -0.05) is 0 Å².